The molecule has 0 amide bonds. The van der Waals surface area contributed by atoms with Crippen molar-refractivity contribution in [3.63, 3.8) is 0 Å². The van der Waals surface area contributed by atoms with Gasteiger partial charge in [0.2, 0.25) is 0 Å². The van der Waals surface area contributed by atoms with Gasteiger partial charge < -0.3 is 75.8 Å². The van der Waals surface area contributed by atoms with E-state index in [1.165, 1.54) is 14.0 Å². The Morgan fingerprint density at radius 3 is 1.23 bits per heavy atom. The molecule has 0 aliphatic carbocycles. The molecule has 366 valence electrons. The minimum Gasteiger partial charge on any atom is -0.463 e. The summed E-state index contributed by atoms with van der Waals surface area (Å²) >= 11 is 0. The van der Waals surface area contributed by atoms with Gasteiger partial charge in [-0.15, -0.1) is 0 Å². The lowest BCUT2D eigenvalue weighted by Gasteiger charge is -2.46. The van der Waals surface area contributed by atoms with Crippen LogP contribution in [0.15, 0.2) is 0 Å². The molecular formula is C39H54O26. The second-order valence-corrected chi connectivity index (χ2v) is 15.0. The zero-order valence-corrected chi connectivity index (χ0v) is 37.4. The van der Waals surface area contributed by atoms with Crippen LogP contribution in [0.5, 0.6) is 0 Å². The van der Waals surface area contributed by atoms with Gasteiger partial charge in [-0.2, -0.15) is 0 Å². The third kappa shape index (κ3) is 14.4. The van der Waals surface area contributed by atoms with E-state index in [0.29, 0.717) is 0 Å². The number of methoxy groups -OCH3 is 1. The Morgan fingerprint density at radius 1 is 0.415 bits per heavy atom. The first kappa shape index (κ1) is 52.5. The maximum atomic E-state index is 12.6. The van der Waals surface area contributed by atoms with Crippen molar-refractivity contribution in [3.8, 4) is 0 Å². The van der Waals surface area contributed by atoms with Crippen molar-refractivity contribution in [2.45, 2.75) is 167 Å². The summed E-state index contributed by atoms with van der Waals surface area (Å²) < 4.78 is 96.7. The Balaban J connectivity index is 1.69. The van der Waals surface area contributed by atoms with Crippen molar-refractivity contribution in [1.82, 2.24) is 0 Å². The highest BCUT2D eigenvalue weighted by atomic mass is 16.9. The zero-order valence-electron chi connectivity index (χ0n) is 37.4. The Morgan fingerprint density at radius 2 is 0.785 bits per heavy atom. The molecule has 0 aromatic rings. The average molecular weight is 939 g/mol. The van der Waals surface area contributed by atoms with Crippen molar-refractivity contribution >= 4 is 53.7 Å². The summed E-state index contributed by atoms with van der Waals surface area (Å²) in [5, 5.41) is 0. The molecule has 4 rings (SSSR count). The van der Waals surface area contributed by atoms with Crippen LogP contribution in [0.4, 0.5) is 0 Å². The summed E-state index contributed by atoms with van der Waals surface area (Å²) in [7, 11) is 1.19. The molecular weight excluding hydrogens is 884 g/mol. The van der Waals surface area contributed by atoms with Gasteiger partial charge in [0.15, 0.2) is 73.8 Å². The van der Waals surface area contributed by atoms with E-state index in [4.69, 9.17) is 80.5 Å². The summed E-state index contributed by atoms with van der Waals surface area (Å²) in [5.74, 6) is -9.81. The highest BCUT2D eigenvalue weighted by molar-refractivity contribution is 5.70. The lowest BCUT2D eigenvalue weighted by atomic mass is 9.97. The number of ether oxygens (including phenoxy) is 17. The fourth-order valence-corrected chi connectivity index (χ4v) is 7.37. The fraction of sp³-hybridized carbons (Fsp3) is 0.769. The molecule has 0 aromatic carbocycles. The van der Waals surface area contributed by atoms with Crippen LogP contribution in [0.3, 0.4) is 0 Å². The van der Waals surface area contributed by atoms with Crippen LogP contribution < -0.4 is 0 Å². The van der Waals surface area contributed by atoms with Gasteiger partial charge in [-0.3, -0.25) is 47.9 Å². The van der Waals surface area contributed by atoms with Crippen LogP contribution in [-0.2, 0) is 124 Å². The third-order valence-electron chi connectivity index (χ3n) is 9.49. The molecule has 65 heavy (non-hydrogen) atoms. The highest BCUT2D eigenvalue weighted by Crippen LogP contribution is 2.41. The number of esters is 9. The lowest BCUT2D eigenvalue weighted by molar-refractivity contribution is -0.368. The quantitative estimate of drug-likeness (QED) is 0.124. The van der Waals surface area contributed by atoms with Gasteiger partial charge in [0.1, 0.15) is 24.9 Å². The van der Waals surface area contributed by atoms with Crippen LogP contribution >= 0.6 is 0 Å². The van der Waals surface area contributed by atoms with Crippen molar-refractivity contribution in [3.05, 3.63) is 0 Å². The predicted molar refractivity (Wildman–Crippen MR) is 200 cm³/mol. The van der Waals surface area contributed by atoms with E-state index >= 15 is 0 Å². The summed E-state index contributed by atoms with van der Waals surface area (Å²) in [5.41, 5.74) is 0. The summed E-state index contributed by atoms with van der Waals surface area (Å²) in [6, 6.07) is 0. The number of carbonyl (C=O) groups excluding carboxylic acids is 9. The van der Waals surface area contributed by atoms with E-state index in [1.807, 2.05) is 0 Å². The van der Waals surface area contributed by atoms with Gasteiger partial charge in [0, 0.05) is 76.3 Å². The van der Waals surface area contributed by atoms with E-state index in [0.717, 1.165) is 62.3 Å². The number of hydrogen-bond acceptors (Lipinski definition) is 26. The van der Waals surface area contributed by atoms with Gasteiger partial charge in [0.25, 0.3) is 5.97 Å². The number of carbonyl (C=O) groups is 9. The molecule has 4 aliphatic heterocycles. The Bertz CT molecular complexity index is 1770. The first-order chi connectivity index (χ1) is 30.4. The van der Waals surface area contributed by atoms with E-state index in [2.05, 4.69) is 0 Å². The van der Waals surface area contributed by atoms with E-state index in [9.17, 15) is 43.2 Å². The molecule has 0 saturated carbocycles. The van der Waals surface area contributed by atoms with Crippen LogP contribution in [0.25, 0.3) is 0 Å². The molecule has 4 heterocycles. The topological polar surface area (TPSA) is 311 Å². The van der Waals surface area contributed by atoms with E-state index in [-0.39, 0.29) is 0 Å². The molecule has 0 radical (unpaired) electrons. The van der Waals surface area contributed by atoms with Gasteiger partial charge in [0.05, 0.1) is 13.2 Å². The minimum absolute atomic E-state index is 0.464. The largest absolute Gasteiger partial charge is 0.463 e. The standard InChI is InChI=1S/C39H54O26/c1-15(40)50-12-24-28(54-17(3)42)32(58-21(7)46)35-38(63-24)65-39(10,64-35)52-14-26-29(55-18(4)43)31(57-20(6)45)34(60-23(9)48)37(62-26)51-13-25-27(53-16(2)41)30(56-19(5)44)33(59-22(8)47)36(49-11)61-25/h24-38H,12-14H2,1-11H3/t24-,25-,26-,27-,28-,29-,30+,31+,32+,33-,34-,35-,36+,37-,38-,39+/m1/s1. The number of hydrogen-bond donors (Lipinski definition) is 0. The highest BCUT2D eigenvalue weighted by Gasteiger charge is 2.61. The molecule has 4 aliphatic rings. The molecule has 0 N–H and O–H groups in total. The molecule has 26 nitrogen and oxygen atoms in total. The second-order valence-electron chi connectivity index (χ2n) is 15.0. The Hall–Kier alpha value is -5.09. The van der Waals surface area contributed by atoms with Gasteiger partial charge >= 0.3 is 53.7 Å². The first-order valence-electron chi connectivity index (χ1n) is 20.0. The molecule has 0 spiro atoms. The summed E-state index contributed by atoms with van der Waals surface area (Å²) in [6.45, 7) is 9.02. The second kappa shape index (κ2) is 22.9. The van der Waals surface area contributed by atoms with Crippen molar-refractivity contribution in [2.75, 3.05) is 26.9 Å². The molecule has 4 saturated heterocycles. The average Bonchev–Trinajstić information content (AvgIpc) is 3.51. The summed E-state index contributed by atoms with van der Waals surface area (Å²) in [6.07, 6.45) is -22.4. The number of rotatable bonds is 17. The maximum Gasteiger partial charge on any atom is 0.303 e. The van der Waals surface area contributed by atoms with Gasteiger partial charge in [-0.05, 0) is 0 Å². The van der Waals surface area contributed by atoms with E-state index in [1.54, 1.807) is 0 Å². The monoisotopic (exact) mass is 938 g/mol. The summed E-state index contributed by atoms with van der Waals surface area (Å²) in [4.78, 5) is 111. The lowest BCUT2D eigenvalue weighted by Crippen LogP contribution is -2.65. The third-order valence-corrected chi connectivity index (χ3v) is 9.49. The first-order valence-corrected chi connectivity index (χ1v) is 20.0. The normalized spacial score (nSPS) is 35.2. The van der Waals surface area contributed by atoms with Crippen LogP contribution in [-0.4, -0.2) is 179 Å². The molecule has 0 bridgehead atoms. The smallest absolute Gasteiger partial charge is 0.303 e. The van der Waals surface area contributed by atoms with E-state index < -0.39 is 172 Å². The van der Waals surface area contributed by atoms with Gasteiger partial charge in [-0.25, -0.2) is 0 Å². The predicted octanol–water partition coefficient (Wildman–Crippen LogP) is -1.05. The van der Waals surface area contributed by atoms with Gasteiger partial charge in [-0.1, -0.05) is 0 Å². The Labute approximate surface area is 371 Å². The van der Waals surface area contributed by atoms with Crippen molar-refractivity contribution in [1.29, 1.82) is 0 Å². The number of fused-ring (bicyclic) bond motifs is 1. The molecule has 26 heteroatoms. The zero-order chi connectivity index (χ0) is 48.5. The van der Waals surface area contributed by atoms with Crippen molar-refractivity contribution < 1.29 is 124 Å². The van der Waals surface area contributed by atoms with Crippen LogP contribution in [0.1, 0.15) is 69.2 Å². The van der Waals surface area contributed by atoms with Crippen molar-refractivity contribution in [2.24, 2.45) is 0 Å². The van der Waals surface area contributed by atoms with Crippen LogP contribution in [0, 0.1) is 0 Å². The SMILES string of the molecule is CO[C@H]1O[C@H](CO[C@@H]2O[C@H](CO[C@]3(C)O[C@H]4O[C@H](COC(C)=O)[C@@H](OC(C)=O)[C@H](OC(C)=O)[C@H]4O3)[C@@H](OC(C)=O)[C@H](OC(C)=O)[C@H]2OC(C)=O)[C@@H](OC(C)=O)[C@H](OC(C)=O)[C@H]1OC(C)=O. The minimum atomic E-state index is -2.14. The molecule has 0 aromatic heterocycles. The van der Waals surface area contributed by atoms with Crippen LogP contribution in [0.2, 0.25) is 0 Å². The maximum absolute atomic E-state index is 12.6. The Kier molecular flexibility index (Phi) is 18.5. The fourth-order valence-electron chi connectivity index (χ4n) is 7.37. The molecule has 4 fully saturated rings. The molecule has 0 unspecified atom stereocenters. The molecule has 16 atom stereocenters.